The number of halogens is 1. The van der Waals surface area contributed by atoms with Gasteiger partial charge in [-0.1, -0.05) is 0 Å². The summed E-state index contributed by atoms with van der Waals surface area (Å²) in [7, 11) is 1.67. The highest BCUT2D eigenvalue weighted by Crippen LogP contribution is 2.10. The van der Waals surface area contributed by atoms with E-state index in [0.29, 0.717) is 5.69 Å². The molecule has 0 aliphatic carbocycles. The lowest BCUT2D eigenvalue weighted by Crippen LogP contribution is -2.08. The molecule has 2 aromatic heterocycles. The summed E-state index contributed by atoms with van der Waals surface area (Å²) in [4.78, 5) is 15.6. The number of nitrogens with zero attached hydrogens (tertiary/aromatic N) is 3. The Morgan fingerprint density at radius 1 is 1.38 bits per heavy atom. The summed E-state index contributed by atoms with van der Waals surface area (Å²) in [6.45, 7) is 1.79. The number of aromatic nitrogens is 3. The molecular weight excluding hydrogens is 209 g/mol. The lowest BCUT2D eigenvalue weighted by molar-refractivity contribution is 0.102. The van der Waals surface area contributed by atoms with Crippen molar-refractivity contribution in [3.8, 4) is 0 Å². The van der Waals surface area contributed by atoms with Gasteiger partial charge in [0.15, 0.2) is 0 Å². The van der Waals surface area contributed by atoms with Crippen LogP contribution in [-0.2, 0) is 7.05 Å². The van der Waals surface area contributed by atoms with Gasteiger partial charge in [-0.2, -0.15) is 5.10 Å². The van der Waals surface area contributed by atoms with Gasteiger partial charge in [0.05, 0.1) is 11.9 Å². The van der Waals surface area contributed by atoms with Crippen molar-refractivity contribution < 1.29 is 9.18 Å². The minimum absolute atomic E-state index is 0.225. The topological polar surface area (TPSA) is 47.8 Å². The Hall–Kier alpha value is -2.04. The molecule has 16 heavy (non-hydrogen) atoms. The SMILES string of the molecule is Cc1cc(C(=O)c2cncc(F)c2)n(C)n1. The Kier molecular flexibility index (Phi) is 2.52. The van der Waals surface area contributed by atoms with Gasteiger partial charge in [-0.15, -0.1) is 0 Å². The molecule has 2 aromatic rings. The molecule has 4 nitrogen and oxygen atoms in total. The van der Waals surface area contributed by atoms with E-state index >= 15 is 0 Å². The second-order valence-corrected chi connectivity index (χ2v) is 3.52. The molecule has 0 aliphatic rings. The van der Waals surface area contributed by atoms with Crippen LogP contribution in [0.15, 0.2) is 24.5 Å². The normalized spacial score (nSPS) is 10.4. The summed E-state index contributed by atoms with van der Waals surface area (Å²) in [6, 6.07) is 2.82. The van der Waals surface area contributed by atoms with Crippen LogP contribution in [0.3, 0.4) is 0 Å². The summed E-state index contributed by atoms with van der Waals surface area (Å²) in [5, 5.41) is 4.06. The van der Waals surface area contributed by atoms with Crippen LogP contribution in [0.2, 0.25) is 0 Å². The van der Waals surface area contributed by atoms with Crippen LogP contribution in [0.1, 0.15) is 21.7 Å². The molecule has 0 bridgehead atoms. The predicted molar refractivity (Wildman–Crippen MR) is 55.6 cm³/mol. The third kappa shape index (κ3) is 1.84. The molecule has 2 heterocycles. The molecular formula is C11H10FN3O. The minimum atomic E-state index is -0.523. The molecule has 0 amide bonds. The van der Waals surface area contributed by atoms with Crippen LogP contribution < -0.4 is 0 Å². The van der Waals surface area contributed by atoms with Gasteiger partial charge in [-0.05, 0) is 19.1 Å². The Morgan fingerprint density at radius 3 is 2.69 bits per heavy atom. The Bertz CT molecular complexity index is 548. The van der Waals surface area contributed by atoms with E-state index in [0.717, 1.165) is 18.0 Å². The summed E-state index contributed by atoms with van der Waals surface area (Å²) in [5.74, 6) is -0.806. The lowest BCUT2D eigenvalue weighted by atomic mass is 10.1. The second kappa shape index (κ2) is 3.84. The van der Waals surface area contributed by atoms with Gasteiger partial charge in [-0.25, -0.2) is 4.39 Å². The lowest BCUT2D eigenvalue weighted by Gasteiger charge is -2.00. The smallest absolute Gasteiger partial charge is 0.212 e. The number of aryl methyl sites for hydroxylation is 2. The van der Waals surface area contributed by atoms with Gasteiger partial charge < -0.3 is 0 Å². The fraction of sp³-hybridized carbons (Fsp3) is 0.182. The van der Waals surface area contributed by atoms with Crippen LogP contribution >= 0.6 is 0 Å². The minimum Gasteiger partial charge on any atom is -0.287 e. The quantitative estimate of drug-likeness (QED) is 0.719. The van der Waals surface area contributed by atoms with E-state index in [-0.39, 0.29) is 11.3 Å². The molecule has 0 N–H and O–H groups in total. The first-order valence-electron chi connectivity index (χ1n) is 4.74. The zero-order valence-electron chi connectivity index (χ0n) is 8.94. The number of pyridine rings is 1. The van der Waals surface area contributed by atoms with Crippen molar-refractivity contribution in [2.24, 2.45) is 7.05 Å². The first kappa shape index (κ1) is 10.5. The fourth-order valence-corrected chi connectivity index (χ4v) is 1.51. The largest absolute Gasteiger partial charge is 0.287 e. The van der Waals surface area contributed by atoms with Crippen molar-refractivity contribution in [3.63, 3.8) is 0 Å². The standard InChI is InChI=1S/C11H10FN3O/c1-7-3-10(15(2)14-7)11(16)8-4-9(12)6-13-5-8/h3-6H,1-2H3. The first-order valence-corrected chi connectivity index (χ1v) is 4.74. The summed E-state index contributed by atoms with van der Waals surface area (Å²) < 4.78 is 14.4. The molecule has 0 radical (unpaired) electrons. The molecule has 0 unspecified atom stereocenters. The number of hydrogen-bond donors (Lipinski definition) is 0. The first-order chi connectivity index (χ1) is 7.58. The van der Waals surface area contributed by atoms with Crippen molar-refractivity contribution in [1.29, 1.82) is 0 Å². The molecule has 0 aliphatic heterocycles. The van der Waals surface area contributed by atoms with E-state index in [1.807, 2.05) is 0 Å². The van der Waals surface area contributed by atoms with E-state index in [9.17, 15) is 9.18 Å². The highest BCUT2D eigenvalue weighted by atomic mass is 19.1. The maximum Gasteiger partial charge on any atom is 0.212 e. The summed E-state index contributed by atoms with van der Waals surface area (Å²) in [5.41, 5.74) is 1.39. The van der Waals surface area contributed by atoms with Gasteiger partial charge in [-0.3, -0.25) is 14.5 Å². The van der Waals surface area contributed by atoms with Gasteiger partial charge >= 0.3 is 0 Å². The van der Waals surface area contributed by atoms with Crippen molar-refractivity contribution in [3.05, 3.63) is 47.3 Å². The number of ketones is 1. The highest BCUT2D eigenvalue weighted by Gasteiger charge is 2.14. The van der Waals surface area contributed by atoms with Crippen LogP contribution in [0, 0.1) is 12.7 Å². The molecule has 0 spiro atoms. The summed E-state index contributed by atoms with van der Waals surface area (Å²) >= 11 is 0. The van der Waals surface area contributed by atoms with Gasteiger partial charge in [0.1, 0.15) is 11.5 Å². The van der Waals surface area contributed by atoms with Crippen LogP contribution in [0.4, 0.5) is 4.39 Å². The van der Waals surface area contributed by atoms with Gasteiger partial charge in [0.25, 0.3) is 0 Å². The summed E-state index contributed by atoms with van der Waals surface area (Å²) in [6.07, 6.45) is 2.40. The van der Waals surface area contributed by atoms with Crippen molar-refractivity contribution in [2.75, 3.05) is 0 Å². The predicted octanol–water partition coefficient (Wildman–Crippen LogP) is 1.49. The van der Waals surface area contributed by atoms with E-state index in [2.05, 4.69) is 10.1 Å². The van der Waals surface area contributed by atoms with E-state index in [1.54, 1.807) is 20.0 Å². The van der Waals surface area contributed by atoms with Gasteiger partial charge in [0, 0.05) is 18.8 Å². The Morgan fingerprint density at radius 2 is 2.12 bits per heavy atom. The monoisotopic (exact) mass is 219 g/mol. The molecule has 0 fully saturated rings. The van der Waals surface area contributed by atoms with Crippen LogP contribution in [-0.4, -0.2) is 20.5 Å². The second-order valence-electron chi connectivity index (χ2n) is 3.52. The maximum atomic E-state index is 12.9. The Labute approximate surface area is 91.7 Å². The Balaban J connectivity index is 2.43. The van der Waals surface area contributed by atoms with E-state index in [4.69, 9.17) is 0 Å². The van der Waals surface area contributed by atoms with Crippen molar-refractivity contribution in [1.82, 2.24) is 14.8 Å². The van der Waals surface area contributed by atoms with E-state index < -0.39 is 5.82 Å². The van der Waals surface area contributed by atoms with E-state index in [1.165, 1.54) is 10.9 Å². The third-order valence-electron chi connectivity index (χ3n) is 2.20. The van der Waals surface area contributed by atoms with Crippen LogP contribution in [0.5, 0.6) is 0 Å². The number of rotatable bonds is 2. The van der Waals surface area contributed by atoms with Crippen molar-refractivity contribution in [2.45, 2.75) is 6.92 Å². The average molecular weight is 219 g/mol. The molecule has 0 saturated heterocycles. The maximum absolute atomic E-state index is 12.9. The molecule has 0 atom stereocenters. The molecule has 82 valence electrons. The molecule has 5 heteroatoms. The zero-order chi connectivity index (χ0) is 11.7. The number of carbonyl (C=O) groups excluding carboxylic acids is 1. The number of carbonyl (C=O) groups is 1. The van der Waals surface area contributed by atoms with Crippen LogP contribution in [0.25, 0.3) is 0 Å². The molecule has 2 rings (SSSR count). The average Bonchev–Trinajstić information content (AvgIpc) is 2.57. The molecule has 0 aromatic carbocycles. The van der Waals surface area contributed by atoms with Crippen molar-refractivity contribution >= 4 is 5.78 Å². The third-order valence-corrected chi connectivity index (χ3v) is 2.20. The van der Waals surface area contributed by atoms with Gasteiger partial charge in [0.2, 0.25) is 5.78 Å². The highest BCUT2D eigenvalue weighted by molar-refractivity contribution is 6.07. The fourth-order valence-electron chi connectivity index (χ4n) is 1.51. The zero-order valence-corrected chi connectivity index (χ0v) is 8.94. The molecule has 0 saturated carbocycles. The number of hydrogen-bond acceptors (Lipinski definition) is 3.